The zero-order valence-electron chi connectivity index (χ0n) is 19.3. The molecule has 9 heteroatoms. The molecule has 2 aromatic carbocycles. The van der Waals surface area contributed by atoms with Crippen molar-refractivity contribution in [2.45, 2.75) is 27.3 Å². The summed E-state index contributed by atoms with van der Waals surface area (Å²) in [6, 6.07) is 10.3. The Morgan fingerprint density at radius 2 is 1.91 bits per heavy atom. The summed E-state index contributed by atoms with van der Waals surface area (Å²) in [6.45, 7) is 5.69. The van der Waals surface area contributed by atoms with E-state index in [4.69, 9.17) is 4.74 Å². The van der Waals surface area contributed by atoms with E-state index in [0.29, 0.717) is 32.3 Å². The van der Waals surface area contributed by atoms with Crippen LogP contribution < -0.4 is 10.9 Å². The summed E-state index contributed by atoms with van der Waals surface area (Å²) in [5.74, 6) is -1.24. The van der Waals surface area contributed by atoms with Gasteiger partial charge in [0.2, 0.25) is 0 Å². The normalized spacial score (nSPS) is 13.9. The Hall–Kier alpha value is -3.68. The molecule has 35 heavy (non-hydrogen) atoms. The van der Waals surface area contributed by atoms with Crippen molar-refractivity contribution < 1.29 is 18.7 Å². The average Bonchev–Trinajstić information content (AvgIpc) is 3.41. The van der Waals surface area contributed by atoms with E-state index in [-0.39, 0.29) is 44.7 Å². The second-order valence-corrected chi connectivity index (χ2v) is 10.7. The maximum atomic E-state index is 14.0. The van der Waals surface area contributed by atoms with E-state index in [0.717, 1.165) is 16.8 Å². The van der Waals surface area contributed by atoms with Gasteiger partial charge in [-0.1, -0.05) is 12.1 Å². The van der Waals surface area contributed by atoms with Crippen LogP contribution in [0.2, 0.25) is 0 Å². The van der Waals surface area contributed by atoms with Crippen molar-refractivity contribution >= 4 is 53.6 Å². The van der Waals surface area contributed by atoms with Gasteiger partial charge in [0.05, 0.1) is 0 Å². The second kappa shape index (κ2) is 8.83. The molecule has 0 fully saturated rings. The van der Waals surface area contributed by atoms with Crippen molar-refractivity contribution in [3.63, 3.8) is 0 Å². The fourth-order valence-electron chi connectivity index (χ4n) is 4.39. The number of halogens is 1. The molecule has 0 aliphatic carbocycles. The van der Waals surface area contributed by atoms with Crippen LogP contribution in [0.1, 0.15) is 38.4 Å². The summed E-state index contributed by atoms with van der Waals surface area (Å²) < 4.78 is 21.7. The molecule has 1 aliphatic rings. The maximum absolute atomic E-state index is 14.0. The summed E-state index contributed by atoms with van der Waals surface area (Å²) in [5, 5.41) is 3.01. The number of hydrogen-bond donors (Lipinski definition) is 2. The Morgan fingerprint density at radius 1 is 1.14 bits per heavy atom. The molecule has 4 aromatic rings. The molecule has 1 amide bonds. The standard InChI is InChI=1S/C26H22FN3O4Se/c1-13-6-4-7-16-17(24(31)29-23(13)16)12-19-14(2)21(15(3)28-19)26(33)34-11-10-30-25(32)22-18(27)8-5-9-20(22)35-30/h4-9,12,28H,10-11H2,1-3H3,(H,29,31)/b17-12-. The Balaban J connectivity index is 1.35. The molecule has 1 aliphatic heterocycles. The Bertz CT molecular complexity index is 1610. The Morgan fingerprint density at radius 3 is 2.69 bits per heavy atom. The van der Waals surface area contributed by atoms with Gasteiger partial charge >= 0.3 is 182 Å². The number of carbonyl (C=O) groups is 2. The molecular weight excluding hydrogens is 516 g/mol. The zero-order chi connectivity index (χ0) is 24.9. The van der Waals surface area contributed by atoms with Gasteiger partial charge in [-0.15, -0.1) is 0 Å². The number of para-hydroxylation sites is 1. The molecular formula is C26H22FN3O4Se. The minimum absolute atomic E-state index is 0.00251. The van der Waals surface area contributed by atoms with Gasteiger partial charge in [-0.25, -0.2) is 0 Å². The number of benzene rings is 2. The van der Waals surface area contributed by atoms with Crippen LogP contribution in [0.3, 0.4) is 0 Å². The third kappa shape index (κ3) is 3.96. The molecule has 2 N–H and O–H groups in total. The van der Waals surface area contributed by atoms with Gasteiger partial charge in [0.1, 0.15) is 0 Å². The number of ether oxygens (including phenoxy) is 1. The van der Waals surface area contributed by atoms with Gasteiger partial charge in [0.25, 0.3) is 0 Å². The number of esters is 1. The fourth-order valence-corrected chi connectivity index (χ4v) is 6.47. The van der Waals surface area contributed by atoms with E-state index in [1.54, 1.807) is 32.1 Å². The molecule has 0 unspecified atom stereocenters. The number of fused-ring (bicyclic) bond motifs is 2. The van der Waals surface area contributed by atoms with Crippen molar-refractivity contribution in [2.75, 3.05) is 11.9 Å². The molecule has 5 rings (SSSR count). The number of carbonyl (C=O) groups excluding carboxylic acids is 2. The van der Waals surface area contributed by atoms with E-state index in [2.05, 4.69) is 10.3 Å². The number of aryl methyl sites for hydroxylation is 2. The predicted octanol–water partition coefficient (Wildman–Crippen LogP) is 3.80. The summed E-state index contributed by atoms with van der Waals surface area (Å²) >= 11 is -0.351. The number of rotatable bonds is 5. The van der Waals surface area contributed by atoms with Crippen LogP contribution in [-0.4, -0.2) is 41.8 Å². The quantitative estimate of drug-likeness (QED) is 0.230. The van der Waals surface area contributed by atoms with Gasteiger partial charge < -0.3 is 0 Å². The van der Waals surface area contributed by atoms with Crippen molar-refractivity contribution in [1.29, 1.82) is 0 Å². The topological polar surface area (TPSA) is 93.2 Å². The number of anilines is 1. The zero-order valence-corrected chi connectivity index (χ0v) is 21.0. The number of nitrogens with one attached hydrogen (secondary N) is 2. The summed E-state index contributed by atoms with van der Waals surface area (Å²) in [7, 11) is 0. The van der Waals surface area contributed by atoms with E-state index >= 15 is 0 Å². The monoisotopic (exact) mass is 539 g/mol. The van der Waals surface area contributed by atoms with Crippen LogP contribution >= 0.6 is 0 Å². The molecule has 0 atom stereocenters. The van der Waals surface area contributed by atoms with Crippen LogP contribution in [0.5, 0.6) is 0 Å². The van der Waals surface area contributed by atoms with Gasteiger partial charge in [0, 0.05) is 0 Å². The summed E-state index contributed by atoms with van der Waals surface area (Å²) in [4.78, 5) is 41.1. The number of amides is 1. The molecule has 0 saturated carbocycles. The third-order valence-electron chi connectivity index (χ3n) is 6.17. The van der Waals surface area contributed by atoms with Crippen molar-refractivity contribution in [1.82, 2.24) is 8.55 Å². The number of nitrogens with zero attached hydrogens (tertiary/aromatic N) is 1. The van der Waals surface area contributed by atoms with E-state index in [1.807, 2.05) is 25.1 Å². The third-order valence-corrected chi connectivity index (χ3v) is 8.49. The first-order valence-electron chi connectivity index (χ1n) is 11.0. The molecule has 178 valence electrons. The first kappa shape index (κ1) is 23.1. The van der Waals surface area contributed by atoms with Crippen LogP contribution in [0.15, 0.2) is 41.2 Å². The number of aromatic nitrogens is 2. The first-order valence-corrected chi connectivity index (χ1v) is 12.7. The van der Waals surface area contributed by atoms with Crippen LogP contribution in [-0.2, 0) is 16.1 Å². The van der Waals surface area contributed by atoms with Crippen LogP contribution in [0, 0.1) is 26.6 Å². The average molecular weight is 538 g/mol. The molecule has 3 heterocycles. The van der Waals surface area contributed by atoms with Gasteiger partial charge in [0.15, 0.2) is 0 Å². The Labute approximate surface area is 206 Å². The first-order chi connectivity index (χ1) is 16.8. The summed E-state index contributed by atoms with van der Waals surface area (Å²) in [5.41, 5.74) is 5.08. The number of aromatic amines is 1. The molecule has 0 saturated heterocycles. The molecule has 0 radical (unpaired) electrons. The molecule has 2 aromatic heterocycles. The van der Waals surface area contributed by atoms with E-state index < -0.39 is 11.8 Å². The summed E-state index contributed by atoms with van der Waals surface area (Å²) in [6.07, 6.45) is 1.75. The molecule has 0 spiro atoms. The Kier molecular flexibility index (Phi) is 5.82. The van der Waals surface area contributed by atoms with E-state index in [1.165, 1.54) is 9.63 Å². The number of hydrogen-bond acceptors (Lipinski definition) is 4. The second-order valence-electron chi connectivity index (χ2n) is 8.42. The van der Waals surface area contributed by atoms with Gasteiger partial charge in [-0.2, -0.15) is 0 Å². The van der Waals surface area contributed by atoms with Crippen LogP contribution in [0.4, 0.5) is 10.1 Å². The number of H-pyrrole nitrogens is 1. The van der Waals surface area contributed by atoms with Crippen molar-refractivity contribution in [3.05, 3.63) is 86.2 Å². The fraction of sp³-hybridized carbons (Fsp3) is 0.192. The van der Waals surface area contributed by atoms with Crippen molar-refractivity contribution in [3.8, 4) is 0 Å². The molecule has 0 bridgehead atoms. The van der Waals surface area contributed by atoms with Crippen molar-refractivity contribution in [2.24, 2.45) is 0 Å². The van der Waals surface area contributed by atoms with Crippen LogP contribution in [0.25, 0.3) is 21.3 Å². The van der Waals surface area contributed by atoms with Gasteiger partial charge in [-0.3, -0.25) is 0 Å². The molecule has 7 nitrogen and oxygen atoms in total. The van der Waals surface area contributed by atoms with E-state index in [9.17, 15) is 18.8 Å². The van der Waals surface area contributed by atoms with Gasteiger partial charge in [-0.05, 0) is 12.5 Å². The SMILES string of the molecule is Cc1cccc2c1NC(=O)/C2=C\c1[nH]c(C)c(C(=O)OCCn2[se]c3cccc(F)c3c2=O)c1C. The minimum atomic E-state index is -0.525. The predicted molar refractivity (Wildman–Crippen MR) is 133 cm³/mol.